The number of carbonyl (C=O) groups excluding carboxylic acids is 1. The van der Waals surface area contributed by atoms with Crippen molar-refractivity contribution in [3.8, 4) is 0 Å². The van der Waals surface area contributed by atoms with Gasteiger partial charge in [-0.15, -0.1) is 0 Å². The molecule has 0 aliphatic carbocycles. The number of piperidine rings is 1. The van der Waals surface area contributed by atoms with E-state index >= 15 is 0 Å². The summed E-state index contributed by atoms with van der Waals surface area (Å²) in [6, 6.07) is 4.01. The van der Waals surface area contributed by atoms with Gasteiger partial charge in [-0.2, -0.15) is 0 Å². The Morgan fingerprint density at radius 2 is 2.00 bits per heavy atom. The number of amides is 2. The number of benzene rings is 1. The first kappa shape index (κ1) is 14.7. The fourth-order valence-corrected chi connectivity index (χ4v) is 2.32. The lowest BCUT2D eigenvalue weighted by molar-refractivity contribution is 0.0697. The van der Waals surface area contributed by atoms with Crippen LogP contribution in [0.5, 0.6) is 0 Å². The van der Waals surface area contributed by atoms with Crippen molar-refractivity contribution in [1.29, 1.82) is 0 Å². The number of aromatic carboxylic acids is 1. The number of nitrogens with one attached hydrogen (secondary N) is 1. The lowest BCUT2D eigenvalue weighted by Crippen LogP contribution is -2.40. The zero-order valence-electron chi connectivity index (χ0n) is 11.2. The van der Waals surface area contributed by atoms with Crippen LogP contribution in [0.25, 0.3) is 0 Å². The van der Waals surface area contributed by atoms with E-state index in [-0.39, 0.29) is 11.6 Å². The smallest absolute Gasteiger partial charge is 0.335 e. The summed E-state index contributed by atoms with van der Waals surface area (Å²) in [5.74, 6) is -0.415. The number of carboxylic acid groups (broad SMARTS) is 1. The number of likely N-dealkylation sites (tertiary alicyclic amines) is 1. The van der Waals surface area contributed by atoms with Gasteiger partial charge in [-0.05, 0) is 37.0 Å². The highest BCUT2D eigenvalue weighted by atomic mass is 35.5. The molecule has 1 fully saturated rings. The number of hydrogen-bond acceptors (Lipinski definition) is 2. The molecular formula is C14H17ClN2O3. The Morgan fingerprint density at radius 1 is 1.35 bits per heavy atom. The van der Waals surface area contributed by atoms with Crippen molar-refractivity contribution in [2.24, 2.45) is 5.92 Å². The number of carbonyl (C=O) groups is 2. The standard InChI is InChI=1S/C14H17ClN2O3/c1-9-4-6-17(7-5-9)14(20)16-12-8-10(13(18)19)2-3-11(12)15/h2-3,8-9H,4-7H2,1H3,(H,16,20)(H,18,19). The summed E-state index contributed by atoms with van der Waals surface area (Å²) in [5, 5.41) is 12.0. The quantitative estimate of drug-likeness (QED) is 0.879. The Bertz CT molecular complexity index is 525. The van der Waals surface area contributed by atoms with Crippen molar-refractivity contribution in [3.05, 3.63) is 28.8 Å². The van der Waals surface area contributed by atoms with Crippen LogP contribution in [0.3, 0.4) is 0 Å². The molecule has 1 aliphatic rings. The minimum absolute atomic E-state index is 0.0944. The summed E-state index contributed by atoms with van der Waals surface area (Å²) in [6.45, 7) is 3.59. The van der Waals surface area contributed by atoms with E-state index in [9.17, 15) is 9.59 Å². The Labute approximate surface area is 122 Å². The Hall–Kier alpha value is -1.75. The van der Waals surface area contributed by atoms with Crippen LogP contribution in [0, 0.1) is 5.92 Å². The van der Waals surface area contributed by atoms with Crippen molar-refractivity contribution in [3.63, 3.8) is 0 Å². The van der Waals surface area contributed by atoms with E-state index in [0.29, 0.717) is 29.7 Å². The molecule has 0 aromatic heterocycles. The van der Waals surface area contributed by atoms with Crippen molar-refractivity contribution in [2.45, 2.75) is 19.8 Å². The molecule has 2 amide bonds. The molecule has 1 aliphatic heterocycles. The summed E-state index contributed by atoms with van der Waals surface area (Å²) < 4.78 is 0. The number of hydrogen-bond donors (Lipinski definition) is 2. The first-order chi connectivity index (χ1) is 9.47. The third-order valence-corrected chi connectivity index (χ3v) is 3.86. The highest BCUT2D eigenvalue weighted by molar-refractivity contribution is 6.33. The van der Waals surface area contributed by atoms with Gasteiger partial charge < -0.3 is 15.3 Å². The maximum absolute atomic E-state index is 12.1. The average Bonchev–Trinajstić information content (AvgIpc) is 2.41. The third-order valence-electron chi connectivity index (χ3n) is 3.53. The first-order valence-electron chi connectivity index (χ1n) is 6.56. The van der Waals surface area contributed by atoms with Crippen LogP contribution >= 0.6 is 11.6 Å². The van der Waals surface area contributed by atoms with Gasteiger partial charge in [0.05, 0.1) is 16.3 Å². The van der Waals surface area contributed by atoms with Gasteiger partial charge in [-0.3, -0.25) is 0 Å². The van der Waals surface area contributed by atoms with Crippen LogP contribution < -0.4 is 5.32 Å². The van der Waals surface area contributed by atoms with Gasteiger partial charge in [0.2, 0.25) is 0 Å². The monoisotopic (exact) mass is 296 g/mol. The Balaban J connectivity index is 2.07. The molecule has 0 bridgehead atoms. The second-order valence-corrected chi connectivity index (χ2v) is 5.51. The van der Waals surface area contributed by atoms with E-state index in [1.807, 2.05) is 0 Å². The van der Waals surface area contributed by atoms with Gasteiger partial charge >= 0.3 is 12.0 Å². The molecule has 108 valence electrons. The summed E-state index contributed by atoms with van der Waals surface area (Å²) >= 11 is 5.98. The van der Waals surface area contributed by atoms with Gasteiger partial charge in [0.15, 0.2) is 0 Å². The fraction of sp³-hybridized carbons (Fsp3) is 0.429. The summed E-state index contributed by atoms with van der Waals surface area (Å²) in [6.07, 6.45) is 1.96. The minimum atomic E-state index is -1.05. The molecule has 1 aromatic rings. The number of rotatable bonds is 2. The second kappa shape index (κ2) is 6.13. The third kappa shape index (κ3) is 3.42. The van der Waals surface area contributed by atoms with Crippen molar-refractivity contribution in [1.82, 2.24) is 4.90 Å². The number of nitrogens with zero attached hydrogens (tertiary/aromatic N) is 1. The second-order valence-electron chi connectivity index (χ2n) is 5.10. The van der Waals surface area contributed by atoms with E-state index in [0.717, 1.165) is 12.8 Å². The summed E-state index contributed by atoms with van der Waals surface area (Å²) in [7, 11) is 0. The number of carboxylic acids is 1. The SMILES string of the molecule is CC1CCN(C(=O)Nc2cc(C(=O)O)ccc2Cl)CC1. The fourth-order valence-electron chi connectivity index (χ4n) is 2.16. The van der Waals surface area contributed by atoms with Gasteiger partial charge in [-0.25, -0.2) is 9.59 Å². The first-order valence-corrected chi connectivity index (χ1v) is 6.94. The van der Waals surface area contributed by atoms with E-state index in [1.165, 1.54) is 18.2 Å². The molecule has 0 atom stereocenters. The van der Waals surface area contributed by atoms with Crippen molar-refractivity contribution in [2.75, 3.05) is 18.4 Å². The normalized spacial score (nSPS) is 16.0. The zero-order chi connectivity index (χ0) is 14.7. The predicted molar refractivity (Wildman–Crippen MR) is 77.4 cm³/mol. The Morgan fingerprint density at radius 3 is 2.60 bits per heavy atom. The van der Waals surface area contributed by atoms with Gasteiger partial charge in [-0.1, -0.05) is 18.5 Å². The summed E-state index contributed by atoms with van der Waals surface area (Å²) in [5.41, 5.74) is 0.423. The Kier molecular flexibility index (Phi) is 4.49. The predicted octanol–water partition coefficient (Wildman–Crippen LogP) is 3.30. The molecule has 0 spiro atoms. The summed E-state index contributed by atoms with van der Waals surface area (Å²) in [4.78, 5) is 24.8. The lowest BCUT2D eigenvalue weighted by atomic mass is 10.00. The van der Waals surface area contributed by atoms with E-state index in [1.54, 1.807) is 4.90 Å². The van der Waals surface area contributed by atoms with Gasteiger partial charge in [0.25, 0.3) is 0 Å². The highest BCUT2D eigenvalue weighted by Gasteiger charge is 2.21. The van der Waals surface area contributed by atoms with Crippen LogP contribution in [0.4, 0.5) is 10.5 Å². The highest BCUT2D eigenvalue weighted by Crippen LogP contribution is 2.24. The van der Waals surface area contributed by atoms with Crippen LogP contribution in [-0.2, 0) is 0 Å². The zero-order valence-corrected chi connectivity index (χ0v) is 12.0. The molecule has 0 radical (unpaired) electrons. The van der Waals surface area contributed by atoms with Crippen LogP contribution in [0.1, 0.15) is 30.1 Å². The molecule has 1 aromatic carbocycles. The van der Waals surface area contributed by atoms with E-state index in [2.05, 4.69) is 12.2 Å². The van der Waals surface area contributed by atoms with Crippen molar-refractivity contribution >= 4 is 29.3 Å². The maximum atomic E-state index is 12.1. The lowest BCUT2D eigenvalue weighted by Gasteiger charge is -2.30. The number of anilines is 1. The molecule has 6 heteroatoms. The number of halogens is 1. The van der Waals surface area contributed by atoms with Crippen LogP contribution in [-0.4, -0.2) is 35.1 Å². The topological polar surface area (TPSA) is 69.6 Å². The molecule has 1 saturated heterocycles. The molecule has 1 heterocycles. The molecule has 0 saturated carbocycles. The van der Waals surface area contributed by atoms with E-state index < -0.39 is 5.97 Å². The van der Waals surface area contributed by atoms with Crippen LogP contribution in [0.15, 0.2) is 18.2 Å². The van der Waals surface area contributed by atoms with E-state index in [4.69, 9.17) is 16.7 Å². The van der Waals surface area contributed by atoms with Crippen molar-refractivity contribution < 1.29 is 14.7 Å². The average molecular weight is 297 g/mol. The molecule has 2 N–H and O–H groups in total. The van der Waals surface area contributed by atoms with Crippen LogP contribution in [0.2, 0.25) is 5.02 Å². The molecule has 2 rings (SSSR count). The molecular weight excluding hydrogens is 280 g/mol. The molecule has 0 unspecified atom stereocenters. The minimum Gasteiger partial charge on any atom is -0.478 e. The molecule has 20 heavy (non-hydrogen) atoms. The van der Waals surface area contributed by atoms with Gasteiger partial charge in [0.1, 0.15) is 0 Å². The maximum Gasteiger partial charge on any atom is 0.335 e. The van der Waals surface area contributed by atoms with Gasteiger partial charge in [0, 0.05) is 13.1 Å². The largest absolute Gasteiger partial charge is 0.478 e. The number of urea groups is 1. The molecule has 5 nitrogen and oxygen atoms in total.